The molecule has 3 aromatic rings. The Morgan fingerprint density at radius 3 is 2.50 bits per heavy atom. The van der Waals surface area contributed by atoms with Gasteiger partial charge in [-0.25, -0.2) is 15.3 Å². The summed E-state index contributed by atoms with van der Waals surface area (Å²) in [5.74, 6) is -1.15. The summed E-state index contributed by atoms with van der Waals surface area (Å²) in [6.45, 7) is 2.40. The summed E-state index contributed by atoms with van der Waals surface area (Å²) in [5, 5.41) is 20.8. The number of para-hydroxylation sites is 2. The van der Waals surface area contributed by atoms with Crippen molar-refractivity contribution < 1.29 is 24.7 Å². The van der Waals surface area contributed by atoms with Gasteiger partial charge in [0.15, 0.2) is 0 Å². The molecule has 0 spiro atoms. The van der Waals surface area contributed by atoms with Crippen LogP contribution in [-0.4, -0.2) is 61.8 Å². The molecule has 2 heterocycles. The van der Waals surface area contributed by atoms with Crippen LogP contribution in [0.4, 0.5) is 4.79 Å². The molecule has 0 aliphatic carbocycles. The zero-order valence-corrected chi connectivity index (χ0v) is 17.4. The second kappa shape index (κ2) is 8.67. The van der Waals surface area contributed by atoms with Gasteiger partial charge in [0.05, 0.1) is 23.0 Å². The molecule has 166 valence electrons. The van der Waals surface area contributed by atoms with Crippen LogP contribution in [0, 0.1) is 12.8 Å². The zero-order chi connectivity index (χ0) is 22.8. The second-order valence-corrected chi connectivity index (χ2v) is 7.78. The number of carbonyl (C=O) groups is 3. The molecule has 1 aromatic heterocycles. The monoisotopic (exact) mass is 437 g/mol. The van der Waals surface area contributed by atoms with Crippen LogP contribution in [0.2, 0.25) is 0 Å². The molecule has 4 N–H and O–H groups in total. The van der Waals surface area contributed by atoms with Crippen LogP contribution in [0.15, 0.2) is 48.5 Å². The maximum Gasteiger partial charge on any atom is 0.407 e. The first-order valence-corrected chi connectivity index (χ1v) is 10.1. The zero-order valence-electron chi connectivity index (χ0n) is 17.4. The number of benzene rings is 2. The average Bonchev–Trinajstić information content (AvgIpc) is 3.35. The van der Waals surface area contributed by atoms with Gasteiger partial charge in [0, 0.05) is 25.2 Å². The molecule has 1 aliphatic rings. The van der Waals surface area contributed by atoms with Crippen LogP contribution in [0.5, 0.6) is 0 Å². The lowest BCUT2D eigenvalue weighted by Crippen LogP contribution is -2.45. The number of aryl methyl sites for hydroxylation is 1. The van der Waals surface area contributed by atoms with E-state index in [1.807, 2.05) is 43.3 Å². The minimum absolute atomic E-state index is 0.0375. The highest BCUT2D eigenvalue weighted by molar-refractivity contribution is 5.95. The summed E-state index contributed by atoms with van der Waals surface area (Å²) in [4.78, 5) is 41.4. The van der Waals surface area contributed by atoms with Gasteiger partial charge in [-0.1, -0.05) is 24.3 Å². The lowest BCUT2D eigenvalue weighted by Gasteiger charge is -2.18. The van der Waals surface area contributed by atoms with Crippen LogP contribution in [0.25, 0.3) is 11.0 Å². The molecule has 10 heteroatoms. The predicted octanol–water partition coefficient (Wildman–Crippen LogP) is 1.61. The number of fused-ring (bicyclic) bond motifs is 1. The SMILES string of the molecule is Cc1nc2ccccc2n1Cc1ccc(C(=O)N[C@@H]2CN(C(=O)O)C[C@@H]2C(=O)NO)cc1. The Hall–Kier alpha value is -3.92. The van der Waals surface area contributed by atoms with Crippen LogP contribution < -0.4 is 10.8 Å². The first-order valence-electron chi connectivity index (χ1n) is 10.1. The van der Waals surface area contributed by atoms with E-state index in [1.165, 1.54) is 5.48 Å². The van der Waals surface area contributed by atoms with Gasteiger partial charge in [0.25, 0.3) is 5.91 Å². The number of hydrogen-bond acceptors (Lipinski definition) is 5. The third-order valence-electron chi connectivity index (χ3n) is 5.76. The molecule has 0 bridgehead atoms. The third-order valence-corrected chi connectivity index (χ3v) is 5.76. The fourth-order valence-corrected chi connectivity index (χ4v) is 4.05. The average molecular weight is 437 g/mol. The molecule has 3 amide bonds. The van der Waals surface area contributed by atoms with Gasteiger partial charge in [0.2, 0.25) is 5.91 Å². The number of nitrogens with one attached hydrogen (secondary N) is 2. The van der Waals surface area contributed by atoms with Crippen molar-refractivity contribution in [1.29, 1.82) is 0 Å². The van der Waals surface area contributed by atoms with E-state index in [9.17, 15) is 19.5 Å². The molecule has 32 heavy (non-hydrogen) atoms. The molecule has 1 fully saturated rings. The highest BCUT2D eigenvalue weighted by Gasteiger charge is 2.40. The minimum atomic E-state index is -1.19. The number of nitrogens with zero attached hydrogens (tertiary/aromatic N) is 3. The summed E-state index contributed by atoms with van der Waals surface area (Å²) in [7, 11) is 0. The first-order chi connectivity index (χ1) is 15.4. The summed E-state index contributed by atoms with van der Waals surface area (Å²) in [5.41, 5.74) is 4.87. The molecule has 4 rings (SSSR count). The molecule has 10 nitrogen and oxygen atoms in total. The number of aromatic nitrogens is 2. The fraction of sp³-hybridized carbons (Fsp3) is 0.273. The van der Waals surface area contributed by atoms with E-state index in [0.717, 1.165) is 27.3 Å². The summed E-state index contributed by atoms with van der Waals surface area (Å²) in [6.07, 6.45) is -1.19. The van der Waals surface area contributed by atoms with Gasteiger partial charge < -0.3 is 19.9 Å². The van der Waals surface area contributed by atoms with Crippen molar-refractivity contribution >= 4 is 28.9 Å². The smallest absolute Gasteiger partial charge is 0.407 e. The topological polar surface area (TPSA) is 137 Å². The van der Waals surface area contributed by atoms with E-state index in [-0.39, 0.29) is 13.1 Å². The van der Waals surface area contributed by atoms with Crippen LogP contribution in [0.3, 0.4) is 0 Å². The molecule has 0 radical (unpaired) electrons. The van der Waals surface area contributed by atoms with E-state index in [1.54, 1.807) is 12.1 Å². The number of amides is 3. The number of hydrogen-bond donors (Lipinski definition) is 4. The van der Waals surface area contributed by atoms with Gasteiger partial charge >= 0.3 is 6.09 Å². The van der Waals surface area contributed by atoms with Gasteiger partial charge in [-0.3, -0.25) is 14.8 Å². The quantitative estimate of drug-likeness (QED) is 0.354. The van der Waals surface area contributed by atoms with Crippen molar-refractivity contribution in [2.24, 2.45) is 5.92 Å². The Balaban J connectivity index is 1.46. The van der Waals surface area contributed by atoms with Crippen molar-refractivity contribution in [3.05, 3.63) is 65.5 Å². The third kappa shape index (κ3) is 4.12. The molecule has 0 saturated carbocycles. The predicted molar refractivity (Wildman–Crippen MR) is 114 cm³/mol. The molecule has 2 aromatic carbocycles. The van der Waals surface area contributed by atoms with Crippen LogP contribution >= 0.6 is 0 Å². The maximum atomic E-state index is 12.7. The maximum absolute atomic E-state index is 12.7. The van der Waals surface area contributed by atoms with E-state index >= 15 is 0 Å². The molecule has 2 atom stereocenters. The van der Waals surface area contributed by atoms with E-state index in [2.05, 4.69) is 14.9 Å². The highest BCUT2D eigenvalue weighted by Crippen LogP contribution is 2.20. The van der Waals surface area contributed by atoms with E-state index < -0.39 is 29.9 Å². The van der Waals surface area contributed by atoms with Crippen molar-refractivity contribution in [3.63, 3.8) is 0 Å². The number of carbonyl (C=O) groups excluding carboxylic acids is 2. The number of hydroxylamine groups is 1. The lowest BCUT2D eigenvalue weighted by atomic mass is 10.0. The second-order valence-electron chi connectivity index (χ2n) is 7.78. The number of carboxylic acid groups (broad SMARTS) is 1. The van der Waals surface area contributed by atoms with E-state index in [0.29, 0.717) is 12.1 Å². The van der Waals surface area contributed by atoms with Crippen molar-refractivity contribution in [3.8, 4) is 0 Å². The minimum Gasteiger partial charge on any atom is -0.465 e. The van der Waals surface area contributed by atoms with Crippen molar-refractivity contribution in [2.45, 2.75) is 19.5 Å². The number of imidazole rings is 1. The van der Waals surface area contributed by atoms with Gasteiger partial charge in [0.1, 0.15) is 5.82 Å². The normalized spacial score (nSPS) is 18.0. The Bertz CT molecular complexity index is 1170. The molecule has 1 aliphatic heterocycles. The van der Waals surface area contributed by atoms with E-state index in [4.69, 9.17) is 5.21 Å². The Morgan fingerprint density at radius 2 is 1.81 bits per heavy atom. The number of rotatable bonds is 5. The molecular weight excluding hydrogens is 414 g/mol. The first kappa shape index (κ1) is 21.3. The molecule has 1 saturated heterocycles. The Labute approximate surface area is 183 Å². The lowest BCUT2D eigenvalue weighted by molar-refractivity contribution is -0.133. The summed E-state index contributed by atoms with van der Waals surface area (Å²) in [6, 6.07) is 14.2. The standard InChI is InChI=1S/C22H23N5O5/c1-13-23-17-4-2-3-5-19(17)27(13)10-14-6-8-15(9-7-14)20(28)24-18-12-26(22(30)31)11-16(18)21(29)25-32/h2-9,16,18,32H,10-12H2,1H3,(H,24,28)(H,25,29)(H,30,31)/t16-,18+/m0/s1. The highest BCUT2D eigenvalue weighted by atomic mass is 16.5. The largest absolute Gasteiger partial charge is 0.465 e. The Kier molecular flexibility index (Phi) is 5.78. The summed E-state index contributed by atoms with van der Waals surface area (Å²) < 4.78 is 2.10. The van der Waals surface area contributed by atoms with Gasteiger partial charge in [-0.15, -0.1) is 0 Å². The molecule has 0 unspecified atom stereocenters. The Morgan fingerprint density at radius 1 is 1.09 bits per heavy atom. The van der Waals surface area contributed by atoms with Crippen LogP contribution in [0.1, 0.15) is 21.7 Å². The number of likely N-dealkylation sites (tertiary alicyclic amines) is 1. The fourth-order valence-electron chi connectivity index (χ4n) is 4.05. The molecular formula is C22H23N5O5. The van der Waals surface area contributed by atoms with Crippen molar-refractivity contribution in [2.75, 3.05) is 13.1 Å². The van der Waals surface area contributed by atoms with Gasteiger partial charge in [-0.05, 0) is 36.8 Å². The summed E-state index contributed by atoms with van der Waals surface area (Å²) >= 11 is 0. The van der Waals surface area contributed by atoms with Gasteiger partial charge in [-0.2, -0.15) is 0 Å². The van der Waals surface area contributed by atoms with Crippen molar-refractivity contribution in [1.82, 2.24) is 25.2 Å². The van der Waals surface area contributed by atoms with Crippen LogP contribution in [-0.2, 0) is 11.3 Å².